The maximum Gasteiger partial charge on any atom is 0.279 e. The van der Waals surface area contributed by atoms with Crippen LogP contribution in [0.3, 0.4) is 0 Å². The van der Waals surface area contributed by atoms with Gasteiger partial charge >= 0.3 is 0 Å². The van der Waals surface area contributed by atoms with Gasteiger partial charge in [-0.2, -0.15) is 0 Å². The lowest BCUT2D eigenvalue weighted by Gasteiger charge is -2.15. The van der Waals surface area contributed by atoms with Gasteiger partial charge in [-0.3, -0.25) is 30.6 Å². The monoisotopic (exact) mass is 381 g/mol. The Balaban J connectivity index is 1.96. The van der Waals surface area contributed by atoms with Crippen LogP contribution >= 0.6 is 11.6 Å². The van der Waals surface area contributed by atoms with Gasteiger partial charge in [0.25, 0.3) is 17.5 Å². The maximum absolute atomic E-state index is 12.8. The number of nitrogens with one attached hydrogen (secondary N) is 2. The van der Waals surface area contributed by atoms with Gasteiger partial charge in [-0.15, -0.1) is 0 Å². The zero-order chi connectivity index (χ0) is 19.3. The van der Waals surface area contributed by atoms with E-state index in [4.69, 9.17) is 16.3 Å². The zero-order valence-electron chi connectivity index (χ0n) is 13.4. The Morgan fingerprint density at radius 3 is 2.46 bits per heavy atom. The third-order valence-corrected chi connectivity index (χ3v) is 3.53. The van der Waals surface area contributed by atoms with Gasteiger partial charge in [0.1, 0.15) is 11.6 Å². The van der Waals surface area contributed by atoms with Crippen LogP contribution in [0, 0.1) is 15.9 Å². The molecule has 0 saturated heterocycles. The molecular formula is C16H13ClFN3O5. The number of halogens is 2. The molecule has 10 heteroatoms. The summed E-state index contributed by atoms with van der Waals surface area (Å²) in [6, 6.07) is 8.38. The first-order valence-electron chi connectivity index (χ1n) is 7.24. The van der Waals surface area contributed by atoms with E-state index in [2.05, 4.69) is 10.9 Å². The highest BCUT2D eigenvalue weighted by molar-refractivity contribution is 6.34. The van der Waals surface area contributed by atoms with E-state index in [0.717, 1.165) is 12.1 Å². The summed E-state index contributed by atoms with van der Waals surface area (Å²) in [6.45, 7) is 1.42. The molecule has 136 valence electrons. The Hall–Kier alpha value is -3.20. The van der Waals surface area contributed by atoms with Crippen LogP contribution in [0.15, 0.2) is 42.5 Å². The topological polar surface area (TPSA) is 111 Å². The number of carbonyl (C=O) groups is 2. The number of carbonyl (C=O) groups excluding carboxylic acids is 2. The van der Waals surface area contributed by atoms with E-state index >= 15 is 0 Å². The molecule has 8 nitrogen and oxygen atoms in total. The molecule has 0 aliphatic carbocycles. The number of ether oxygens (including phenoxy) is 1. The molecule has 0 aliphatic rings. The third kappa shape index (κ3) is 4.90. The number of nitro groups is 1. The number of nitro benzene ring substituents is 1. The third-order valence-electron chi connectivity index (χ3n) is 3.20. The predicted octanol–water partition coefficient (Wildman–Crippen LogP) is 2.62. The minimum Gasteiger partial charge on any atom is -0.481 e. The van der Waals surface area contributed by atoms with Crippen LogP contribution in [0.5, 0.6) is 5.75 Å². The zero-order valence-corrected chi connectivity index (χ0v) is 14.1. The Labute approximate surface area is 152 Å². The number of benzene rings is 2. The van der Waals surface area contributed by atoms with Crippen LogP contribution in [0.25, 0.3) is 0 Å². The van der Waals surface area contributed by atoms with E-state index in [1.165, 1.54) is 37.3 Å². The molecule has 0 radical (unpaired) electrons. The normalized spacial score (nSPS) is 11.3. The van der Waals surface area contributed by atoms with Crippen molar-refractivity contribution in [3.05, 3.63) is 69.0 Å². The van der Waals surface area contributed by atoms with Crippen molar-refractivity contribution in [2.45, 2.75) is 13.0 Å². The summed E-state index contributed by atoms with van der Waals surface area (Å²) in [7, 11) is 0. The first kappa shape index (κ1) is 19.1. The predicted molar refractivity (Wildman–Crippen MR) is 90.2 cm³/mol. The Kier molecular flexibility index (Phi) is 6.07. The van der Waals surface area contributed by atoms with Gasteiger partial charge < -0.3 is 4.74 Å². The van der Waals surface area contributed by atoms with Crippen LogP contribution < -0.4 is 15.6 Å². The van der Waals surface area contributed by atoms with Crippen LogP contribution in [0.4, 0.5) is 10.1 Å². The number of hydrogen-bond donors (Lipinski definition) is 2. The summed E-state index contributed by atoms with van der Waals surface area (Å²) in [4.78, 5) is 34.1. The standard InChI is InChI=1S/C16H13ClFN3O5/c1-9(26-12-5-2-10(18)3-6-12)15(22)19-20-16(23)13-8-11(21(24)25)4-7-14(13)17/h2-9H,1H3,(H,19,22)(H,20,23). The fourth-order valence-electron chi connectivity index (χ4n) is 1.86. The summed E-state index contributed by atoms with van der Waals surface area (Å²) in [5.74, 6) is -1.71. The molecule has 0 saturated carbocycles. The molecule has 2 amide bonds. The number of amides is 2. The summed E-state index contributed by atoms with van der Waals surface area (Å²) in [5.41, 5.74) is 3.72. The minimum atomic E-state index is -0.999. The Morgan fingerprint density at radius 1 is 1.19 bits per heavy atom. The second-order valence-corrected chi connectivity index (χ2v) is 5.49. The van der Waals surface area contributed by atoms with Gasteiger partial charge in [0.05, 0.1) is 15.5 Å². The number of nitrogens with zero attached hydrogens (tertiary/aromatic N) is 1. The van der Waals surface area contributed by atoms with Crippen molar-refractivity contribution in [2.75, 3.05) is 0 Å². The van der Waals surface area contributed by atoms with Crippen LogP contribution in [-0.2, 0) is 4.79 Å². The molecule has 1 atom stereocenters. The molecule has 26 heavy (non-hydrogen) atoms. The lowest BCUT2D eigenvalue weighted by Crippen LogP contribution is -2.47. The second-order valence-electron chi connectivity index (χ2n) is 5.08. The summed E-state index contributed by atoms with van der Waals surface area (Å²) < 4.78 is 18.1. The molecule has 0 heterocycles. The molecule has 0 spiro atoms. The van der Waals surface area contributed by atoms with Gasteiger partial charge in [0, 0.05) is 12.1 Å². The van der Waals surface area contributed by atoms with Gasteiger partial charge in [-0.1, -0.05) is 11.6 Å². The average molecular weight is 382 g/mol. The molecule has 2 aromatic carbocycles. The highest BCUT2D eigenvalue weighted by Gasteiger charge is 2.19. The van der Waals surface area contributed by atoms with Crippen LogP contribution in [0.1, 0.15) is 17.3 Å². The lowest BCUT2D eigenvalue weighted by molar-refractivity contribution is -0.384. The number of hydrazine groups is 1. The van der Waals surface area contributed by atoms with E-state index in [0.29, 0.717) is 0 Å². The summed E-state index contributed by atoms with van der Waals surface area (Å²) in [6.07, 6.45) is -0.999. The first-order valence-corrected chi connectivity index (χ1v) is 7.62. The molecule has 0 aromatic heterocycles. The van der Waals surface area contributed by atoms with Gasteiger partial charge in [-0.05, 0) is 37.3 Å². The highest BCUT2D eigenvalue weighted by atomic mass is 35.5. The molecule has 2 aromatic rings. The van der Waals surface area contributed by atoms with E-state index in [9.17, 15) is 24.1 Å². The SMILES string of the molecule is CC(Oc1ccc(F)cc1)C(=O)NNC(=O)c1cc([N+](=O)[O-])ccc1Cl. The molecule has 0 aliphatic heterocycles. The van der Waals surface area contributed by atoms with Gasteiger partial charge in [0.15, 0.2) is 6.10 Å². The van der Waals surface area contributed by atoms with Crippen molar-refractivity contribution >= 4 is 29.1 Å². The second kappa shape index (κ2) is 8.26. The molecule has 2 rings (SSSR count). The number of rotatable bonds is 5. The smallest absolute Gasteiger partial charge is 0.279 e. The molecule has 2 N–H and O–H groups in total. The van der Waals surface area contributed by atoms with Gasteiger partial charge in [0.2, 0.25) is 0 Å². The van der Waals surface area contributed by atoms with E-state index in [-0.39, 0.29) is 22.0 Å². The largest absolute Gasteiger partial charge is 0.481 e. The Morgan fingerprint density at radius 2 is 1.85 bits per heavy atom. The quantitative estimate of drug-likeness (QED) is 0.611. The number of hydrogen-bond acceptors (Lipinski definition) is 5. The van der Waals surface area contributed by atoms with E-state index in [1.807, 2.05) is 0 Å². The maximum atomic E-state index is 12.8. The van der Waals surface area contributed by atoms with Crippen LogP contribution in [0.2, 0.25) is 5.02 Å². The summed E-state index contributed by atoms with van der Waals surface area (Å²) in [5, 5.41) is 10.7. The molecule has 0 bridgehead atoms. The first-order chi connectivity index (χ1) is 12.3. The van der Waals surface area contributed by atoms with E-state index in [1.54, 1.807) is 0 Å². The van der Waals surface area contributed by atoms with Crippen molar-refractivity contribution in [3.63, 3.8) is 0 Å². The van der Waals surface area contributed by atoms with Crippen LogP contribution in [-0.4, -0.2) is 22.8 Å². The summed E-state index contributed by atoms with van der Waals surface area (Å²) >= 11 is 5.84. The average Bonchev–Trinajstić information content (AvgIpc) is 2.61. The minimum absolute atomic E-state index is 0.0158. The van der Waals surface area contributed by atoms with Crippen molar-refractivity contribution < 1.29 is 23.6 Å². The van der Waals surface area contributed by atoms with Crippen molar-refractivity contribution in [1.82, 2.24) is 10.9 Å². The van der Waals surface area contributed by atoms with E-state index < -0.39 is 28.7 Å². The van der Waals surface area contributed by atoms with Crippen molar-refractivity contribution in [2.24, 2.45) is 0 Å². The fraction of sp³-hybridized carbons (Fsp3) is 0.125. The Bertz CT molecular complexity index is 844. The molecule has 0 fully saturated rings. The van der Waals surface area contributed by atoms with Crippen molar-refractivity contribution in [3.8, 4) is 5.75 Å². The lowest BCUT2D eigenvalue weighted by atomic mass is 10.2. The van der Waals surface area contributed by atoms with Crippen molar-refractivity contribution in [1.29, 1.82) is 0 Å². The number of non-ortho nitro benzene ring substituents is 1. The molecular weight excluding hydrogens is 369 g/mol. The molecule has 1 unspecified atom stereocenters. The highest BCUT2D eigenvalue weighted by Crippen LogP contribution is 2.21. The van der Waals surface area contributed by atoms with Gasteiger partial charge in [-0.25, -0.2) is 4.39 Å². The fourth-order valence-corrected chi connectivity index (χ4v) is 2.06.